The van der Waals surface area contributed by atoms with E-state index in [1.54, 1.807) is 0 Å². The van der Waals surface area contributed by atoms with Crippen LogP contribution in [0.25, 0.3) is 0 Å². The molecule has 0 aromatic heterocycles. The van der Waals surface area contributed by atoms with Gasteiger partial charge in [-0.05, 0) is 51.6 Å². The van der Waals surface area contributed by atoms with Gasteiger partial charge in [0.1, 0.15) is 0 Å². The minimum Gasteiger partial charge on any atom is -0.381 e. The van der Waals surface area contributed by atoms with Crippen LogP contribution in [-0.2, 0) is 9.53 Å². The van der Waals surface area contributed by atoms with E-state index in [-0.39, 0.29) is 17.9 Å². The highest BCUT2D eigenvalue weighted by Gasteiger charge is 2.26. The number of carbonyl (C=O) groups is 1. The molecule has 2 aliphatic rings. The SMILES string of the molecule is CC(NC(=O)C1CCCOC1)C1CCCNC1. The first-order chi connectivity index (χ1) is 8.27. The van der Waals surface area contributed by atoms with Gasteiger partial charge in [0.05, 0.1) is 12.5 Å². The Kier molecular flexibility index (Phi) is 4.80. The van der Waals surface area contributed by atoms with Crippen molar-refractivity contribution in [2.45, 2.75) is 38.6 Å². The van der Waals surface area contributed by atoms with Gasteiger partial charge < -0.3 is 15.4 Å². The molecule has 2 saturated heterocycles. The molecule has 4 heteroatoms. The van der Waals surface area contributed by atoms with E-state index >= 15 is 0 Å². The van der Waals surface area contributed by atoms with E-state index in [0.717, 1.165) is 32.5 Å². The molecule has 0 spiro atoms. The fourth-order valence-corrected chi connectivity index (χ4v) is 2.71. The fraction of sp³-hybridized carbons (Fsp3) is 0.923. The van der Waals surface area contributed by atoms with Crippen LogP contribution in [0.15, 0.2) is 0 Å². The number of carbonyl (C=O) groups excluding carboxylic acids is 1. The molecule has 17 heavy (non-hydrogen) atoms. The molecule has 2 aliphatic heterocycles. The number of hydrogen-bond acceptors (Lipinski definition) is 3. The van der Waals surface area contributed by atoms with Gasteiger partial charge in [0.25, 0.3) is 0 Å². The standard InChI is InChI=1S/C13H24N2O2/c1-10(11-4-2-6-14-8-11)15-13(16)12-5-3-7-17-9-12/h10-12,14H,2-9H2,1H3,(H,15,16). The zero-order valence-corrected chi connectivity index (χ0v) is 10.7. The molecule has 0 aromatic rings. The lowest BCUT2D eigenvalue weighted by Crippen LogP contribution is -2.47. The van der Waals surface area contributed by atoms with Crippen LogP contribution >= 0.6 is 0 Å². The van der Waals surface area contributed by atoms with E-state index in [1.807, 2.05) is 0 Å². The molecule has 2 N–H and O–H groups in total. The van der Waals surface area contributed by atoms with E-state index in [0.29, 0.717) is 12.5 Å². The Morgan fingerprint density at radius 3 is 2.94 bits per heavy atom. The summed E-state index contributed by atoms with van der Waals surface area (Å²) < 4.78 is 5.36. The molecule has 3 atom stereocenters. The van der Waals surface area contributed by atoms with E-state index < -0.39 is 0 Å². The highest BCUT2D eigenvalue weighted by Crippen LogP contribution is 2.17. The molecule has 2 rings (SSSR count). The highest BCUT2D eigenvalue weighted by atomic mass is 16.5. The second kappa shape index (κ2) is 6.36. The molecule has 0 bridgehead atoms. The van der Waals surface area contributed by atoms with Crippen molar-refractivity contribution in [1.29, 1.82) is 0 Å². The van der Waals surface area contributed by atoms with E-state index in [2.05, 4.69) is 17.6 Å². The van der Waals surface area contributed by atoms with Gasteiger partial charge in [0.2, 0.25) is 5.91 Å². The fourth-order valence-electron chi connectivity index (χ4n) is 2.71. The van der Waals surface area contributed by atoms with E-state index in [4.69, 9.17) is 4.74 Å². The summed E-state index contributed by atoms with van der Waals surface area (Å²) in [5.74, 6) is 0.836. The predicted molar refractivity (Wildman–Crippen MR) is 66.7 cm³/mol. The summed E-state index contributed by atoms with van der Waals surface area (Å²) >= 11 is 0. The Morgan fingerprint density at radius 1 is 1.41 bits per heavy atom. The van der Waals surface area contributed by atoms with Gasteiger partial charge >= 0.3 is 0 Å². The summed E-state index contributed by atoms with van der Waals surface area (Å²) in [6.07, 6.45) is 4.42. The maximum absolute atomic E-state index is 12.0. The first-order valence-corrected chi connectivity index (χ1v) is 6.86. The number of rotatable bonds is 3. The zero-order chi connectivity index (χ0) is 12.1. The monoisotopic (exact) mass is 240 g/mol. The molecule has 0 radical (unpaired) electrons. The lowest BCUT2D eigenvalue weighted by atomic mass is 9.92. The quantitative estimate of drug-likeness (QED) is 0.771. The van der Waals surface area contributed by atoms with Gasteiger partial charge in [0, 0.05) is 12.6 Å². The second-order valence-corrected chi connectivity index (χ2v) is 5.32. The Labute approximate surface area is 103 Å². The van der Waals surface area contributed by atoms with Crippen LogP contribution in [0.2, 0.25) is 0 Å². The van der Waals surface area contributed by atoms with Gasteiger partial charge in [-0.3, -0.25) is 4.79 Å². The third-order valence-electron chi connectivity index (χ3n) is 3.94. The number of amides is 1. The maximum atomic E-state index is 12.0. The number of hydrogen-bond donors (Lipinski definition) is 2. The van der Waals surface area contributed by atoms with Crippen molar-refractivity contribution in [2.75, 3.05) is 26.3 Å². The van der Waals surface area contributed by atoms with Crippen molar-refractivity contribution in [3.63, 3.8) is 0 Å². The maximum Gasteiger partial charge on any atom is 0.225 e. The normalized spacial score (nSPS) is 31.8. The molecule has 4 nitrogen and oxygen atoms in total. The Bertz CT molecular complexity index is 246. The third-order valence-corrected chi connectivity index (χ3v) is 3.94. The van der Waals surface area contributed by atoms with Gasteiger partial charge in [0.15, 0.2) is 0 Å². The van der Waals surface area contributed by atoms with Crippen LogP contribution in [0.4, 0.5) is 0 Å². The van der Waals surface area contributed by atoms with Gasteiger partial charge in [-0.1, -0.05) is 0 Å². The first-order valence-electron chi connectivity index (χ1n) is 6.86. The molecule has 0 aromatic carbocycles. The molecule has 0 saturated carbocycles. The molecule has 3 unspecified atom stereocenters. The smallest absolute Gasteiger partial charge is 0.225 e. The predicted octanol–water partition coefficient (Wildman–Crippen LogP) is 0.917. The van der Waals surface area contributed by atoms with Gasteiger partial charge in [-0.2, -0.15) is 0 Å². The van der Waals surface area contributed by atoms with Crippen molar-refractivity contribution in [3.8, 4) is 0 Å². The van der Waals surface area contributed by atoms with Crippen LogP contribution in [-0.4, -0.2) is 38.3 Å². The van der Waals surface area contributed by atoms with Gasteiger partial charge in [-0.15, -0.1) is 0 Å². The highest BCUT2D eigenvalue weighted by molar-refractivity contribution is 5.79. The molecular formula is C13H24N2O2. The molecule has 98 valence electrons. The summed E-state index contributed by atoms with van der Waals surface area (Å²) in [5, 5.41) is 6.55. The zero-order valence-electron chi connectivity index (χ0n) is 10.7. The minimum absolute atomic E-state index is 0.0720. The first kappa shape index (κ1) is 12.8. The van der Waals surface area contributed by atoms with Crippen molar-refractivity contribution in [3.05, 3.63) is 0 Å². The van der Waals surface area contributed by atoms with Crippen LogP contribution in [0, 0.1) is 11.8 Å². The summed E-state index contributed by atoms with van der Waals surface area (Å²) in [4.78, 5) is 12.0. The molecule has 2 heterocycles. The molecule has 2 fully saturated rings. The summed E-state index contributed by atoms with van der Waals surface area (Å²) in [6, 6.07) is 0.275. The van der Waals surface area contributed by atoms with Crippen LogP contribution in [0.3, 0.4) is 0 Å². The topological polar surface area (TPSA) is 50.4 Å². The Balaban J connectivity index is 1.76. The molecular weight excluding hydrogens is 216 g/mol. The third kappa shape index (κ3) is 3.68. The van der Waals surface area contributed by atoms with E-state index in [1.165, 1.54) is 12.8 Å². The minimum atomic E-state index is 0.0720. The lowest BCUT2D eigenvalue weighted by Gasteiger charge is -2.30. The summed E-state index contributed by atoms with van der Waals surface area (Å²) in [5.41, 5.74) is 0. The van der Waals surface area contributed by atoms with Crippen molar-refractivity contribution in [2.24, 2.45) is 11.8 Å². The van der Waals surface area contributed by atoms with Crippen LogP contribution < -0.4 is 10.6 Å². The van der Waals surface area contributed by atoms with Crippen molar-refractivity contribution < 1.29 is 9.53 Å². The van der Waals surface area contributed by atoms with Gasteiger partial charge in [-0.25, -0.2) is 0 Å². The lowest BCUT2D eigenvalue weighted by molar-refractivity contribution is -0.130. The Hall–Kier alpha value is -0.610. The number of ether oxygens (including phenoxy) is 1. The Morgan fingerprint density at radius 2 is 2.29 bits per heavy atom. The molecule has 1 amide bonds. The number of nitrogens with one attached hydrogen (secondary N) is 2. The largest absolute Gasteiger partial charge is 0.381 e. The van der Waals surface area contributed by atoms with Crippen LogP contribution in [0.1, 0.15) is 32.6 Å². The average Bonchev–Trinajstić information content (AvgIpc) is 2.40. The number of piperidine rings is 1. The van der Waals surface area contributed by atoms with Crippen molar-refractivity contribution in [1.82, 2.24) is 10.6 Å². The molecule has 0 aliphatic carbocycles. The summed E-state index contributed by atoms with van der Waals surface area (Å²) in [7, 11) is 0. The van der Waals surface area contributed by atoms with Crippen LogP contribution in [0.5, 0.6) is 0 Å². The van der Waals surface area contributed by atoms with Crippen molar-refractivity contribution >= 4 is 5.91 Å². The second-order valence-electron chi connectivity index (χ2n) is 5.32. The summed E-state index contributed by atoms with van der Waals surface area (Å²) in [6.45, 7) is 5.68. The average molecular weight is 240 g/mol. The van der Waals surface area contributed by atoms with E-state index in [9.17, 15) is 4.79 Å².